The Bertz CT molecular complexity index is 584. The number of methoxy groups -OCH3 is 1. The topological polar surface area (TPSA) is 64.1 Å². The number of nitrogens with zero attached hydrogens (tertiary/aromatic N) is 2. The number of para-hydroxylation sites is 1. The predicted molar refractivity (Wildman–Crippen MR) is 72.5 cm³/mol. The van der Waals surface area contributed by atoms with Crippen LogP contribution in [0.25, 0.3) is 0 Å². The lowest BCUT2D eigenvalue weighted by molar-refractivity contribution is 0.0587. The van der Waals surface area contributed by atoms with E-state index >= 15 is 0 Å². The minimum absolute atomic E-state index is 0.0430. The zero-order valence-electron chi connectivity index (χ0n) is 10.9. The molecule has 0 aliphatic carbocycles. The monoisotopic (exact) mass is 257 g/mol. The molecule has 0 unspecified atom stereocenters. The number of carbonyl (C=O) groups is 1. The zero-order valence-corrected chi connectivity index (χ0v) is 10.9. The van der Waals surface area contributed by atoms with E-state index in [1.807, 2.05) is 24.3 Å². The van der Waals surface area contributed by atoms with Crippen molar-refractivity contribution in [1.29, 1.82) is 0 Å². The minimum atomic E-state index is -0.549. The highest BCUT2D eigenvalue weighted by Crippen LogP contribution is 2.19. The Kier molecular flexibility index (Phi) is 4.07. The Morgan fingerprint density at radius 1 is 1.32 bits per heavy atom. The summed E-state index contributed by atoms with van der Waals surface area (Å²) in [6.45, 7) is 2.08. The maximum atomic E-state index is 11.4. The molecule has 1 heterocycles. The van der Waals surface area contributed by atoms with Crippen LogP contribution in [-0.4, -0.2) is 23.0 Å². The number of anilines is 2. The smallest absolute Gasteiger partial charge is 0.376 e. The van der Waals surface area contributed by atoms with E-state index in [9.17, 15) is 4.79 Å². The molecule has 5 heteroatoms. The largest absolute Gasteiger partial charge is 0.463 e. The molecule has 1 aromatic heterocycles. The highest BCUT2D eigenvalue weighted by Gasteiger charge is 2.10. The Morgan fingerprint density at radius 2 is 2.11 bits per heavy atom. The van der Waals surface area contributed by atoms with Crippen molar-refractivity contribution in [2.75, 3.05) is 12.4 Å². The van der Waals surface area contributed by atoms with Gasteiger partial charge in [-0.1, -0.05) is 25.1 Å². The molecular formula is C14H15N3O2. The van der Waals surface area contributed by atoms with E-state index in [2.05, 4.69) is 26.9 Å². The third-order valence-corrected chi connectivity index (χ3v) is 2.68. The van der Waals surface area contributed by atoms with Gasteiger partial charge in [-0.3, -0.25) is 0 Å². The SMILES string of the molecule is CCc1ccccc1Nc1ccnc(C(=O)OC)n1. The average molecular weight is 257 g/mol. The number of hydrogen-bond acceptors (Lipinski definition) is 5. The van der Waals surface area contributed by atoms with Crippen molar-refractivity contribution in [1.82, 2.24) is 9.97 Å². The van der Waals surface area contributed by atoms with Gasteiger partial charge in [0, 0.05) is 11.9 Å². The second kappa shape index (κ2) is 5.95. The summed E-state index contributed by atoms with van der Waals surface area (Å²) in [5.74, 6) is 0.0604. The van der Waals surface area contributed by atoms with E-state index in [1.165, 1.54) is 18.9 Å². The molecular weight excluding hydrogens is 242 g/mol. The highest BCUT2D eigenvalue weighted by molar-refractivity contribution is 5.85. The van der Waals surface area contributed by atoms with Gasteiger partial charge in [-0.2, -0.15) is 0 Å². The van der Waals surface area contributed by atoms with E-state index in [1.54, 1.807) is 6.07 Å². The quantitative estimate of drug-likeness (QED) is 0.853. The molecule has 0 spiro atoms. The Hall–Kier alpha value is -2.43. The molecule has 98 valence electrons. The number of esters is 1. The molecule has 0 atom stereocenters. The lowest BCUT2D eigenvalue weighted by Crippen LogP contribution is -2.08. The summed E-state index contributed by atoms with van der Waals surface area (Å²) in [6, 6.07) is 9.66. The molecule has 19 heavy (non-hydrogen) atoms. The average Bonchev–Trinajstić information content (AvgIpc) is 2.47. The summed E-state index contributed by atoms with van der Waals surface area (Å²) in [7, 11) is 1.30. The number of carbonyl (C=O) groups excluding carboxylic acids is 1. The third kappa shape index (κ3) is 3.07. The zero-order chi connectivity index (χ0) is 13.7. The standard InChI is InChI=1S/C14H15N3O2/c1-3-10-6-4-5-7-11(10)16-12-8-9-15-13(17-12)14(18)19-2/h4-9H,3H2,1-2H3,(H,15,16,17). The van der Waals surface area contributed by atoms with Gasteiger partial charge in [0.25, 0.3) is 0 Å². The highest BCUT2D eigenvalue weighted by atomic mass is 16.5. The summed E-state index contributed by atoms with van der Waals surface area (Å²) in [5.41, 5.74) is 2.15. The fourth-order valence-electron chi connectivity index (χ4n) is 1.71. The molecule has 0 amide bonds. The lowest BCUT2D eigenvalue weighted by atomic mass is 10.1. The molecule has 0 saturated heterocycles. The Balaban J connectivity index is 2.26. The van der Waals surface area contributed by atoms with E-state index in [0.717, 1.165) is 12.1 Å². The maximum absolute atomic E-state index is 11.4. The number of hydrogen-bond donors (Lipinski definition) is 1. The first-order chi connectivity index (χ1) is 9.24. The van der Waals surface area contributed by atoms with Crippen LogP contribution in [0.4, 0.5) is 11.5 Å². The predicted octanol–water partition coefficient (Wildman–Crippen LogP) is 2.57. The van der Waals surface area contributed by atoms with Crippen LogP contribution in [0.1, 0.15) is 23.1 Å². The van der Waals surface area contributed by atoms with Crippen LogP contribution in [0.15, 0.2) is 36.5 Å². The normalized spacial score (nSPS) is 10.0. The van der Waals surface area contributed by atoms with E-state index < -0.39 is 5.97 Å². The number of aryl methyl sites for hydroxylation is 1. The molecule has 1 N–H and O–H groups in total. The van der Waals surface area contributed by atoms with Crippen LogP contribution in [0.2, 0.25) is 0 Å². The molecule has 0 saturated carbocycles. The number of benzene rings is 1. The lowest BCUT2D eigenvalue weighted by Gasteiger charge is -2.10. The van der Waals surface area contributed by atoms with Crippen LogP contribution in [0.3, 0.4) is 0 Å². The van der Waals surface area contributed by atoms with Crippen molar-refractivity contribution in [2.24, 2.45) is 0 Å². The molecule has 1 aromatic carbocycles. The second-order valence-corrected chi connectivity index (χ2v) is 3.89. The van der Waals surface area contributed by atoms with Gasteiger partial charge < -0.3 is 10.1 Å². The van der Waals surface area contributed by atoms with Gasteiger partial charge >= 0.3 is 5.97 Å². The van der Waals surface area contributed by atoms with E-state index in [0.29, 0.717) is 5.82 Å². The third-order valence-electron chi connectivity index (χ3n) is 2.68. The molecule has 2 rings (SSSR count). The van der Waals surface area contributed by atoms with E-state index in [4.69, 9.17) is 0 Å². The van der Waals surface area contributed by atoms with Crippen molar-refractivity contribution in [3.63, 3.8) is 0 Å². The summed E-state index contributed by atoms with van der Waals surface area (Å²) < 4.78 is 4.59. The van der Waals surface area contributed by atoms with Gasteiger partial charge in [0.1, 0.15) is 5.82 Å². The van der Waals surface area contributed by atoms with E-state index in [-0.39, 0.29) is 5.82 Å². The molecule has 0 aliphatic rings. The van der Waals surface area contributed by atoms with Gasteiger partial charge in [0.15, 0.2) is 0 Å². The first-order valence-electron chi connectivity index (χ1n) is 6.01. The van der Waals surface area contributed by atoms with Crippen molar-refractivity contribution >= 4 is 17.5 Å². The van der Waals surface area contributed by atoms with Gasteiger partial charge in [-0.15, -0.1) is 0 Å². The van der Waals surface area contributed by atoms with Crippen molar-refractivity contribution in [3.8, 4) is 0 Å². The summed E-state index contributed by atoms with van der Waals surface area (Å²) in [4.78, 5) is 19.4. The summed E-state index contributed by atoms with van der Waals surface area (Å²) in [5, 5.41) is 3.18. The fraction of sp³-hybridized carbons (Fsp3) is 0.214. The summed E-state index contributed by atoms with van der Waals surface area (Å²) >= 11 is 0. The second-order valence-electron chi connectivity index (χ2n) is 3.89. The molecule has 0 fully saturated rings. The minimum Gasteiger partial charge on any atom is -0.463 e. The van der Waals surface area contributed by atoms with Crippen molar-refractivity contribution < 1.29 is 9.53 Å². The van der Waals surface area contributed by atoms with Crippen molar-refractivity contribution in [2.45, 2.75) is 13.3 Å². The fourth-order valence-corrected chi connectivity index (χ4v) is 1.71. The van der Waals surface area contributed by atoms with Gasteiger partial charge in [-0.05, 0) is 24.1 Å². The van der Waals surface area contributed by atoms with Crippen LogP contribution >= 0.6 is 0 Å². The Morgan fingerprint density at radius 3 is 2.84 bits per heavy atom. The van der Waals surface area contributed by atoms with Gasteiger partial charge in [0.2, 0.25) is 5.82 Å². The van der Waals surface area contributed by atoms with Crippen LogP contribution in [0, 0.1) is 0 Å². The molecule has 0 bridgehead atoms. The summed E-state index contributed by atoms with van der Waals surface area (Å²) in [6.07, 6.45) is 2.44. The maximum Gasteiger partial charge on any atom is 0.376 e. The van der Waals surface area contributed by atoms with Gasteiger partial charge in [0.05, 0.1) is 7.11 Å². The van der Waals surface area contributed by atoms with Crippen LogP contribution < -0.4 is 5.32 Å². The molecule has 0 radical (unpaired) electrons. The molecule has 0 aliphatic heterocycles. The Labute approximate surface area is 111 Å². The number of ether oxygens (including phenoxy) is 1. The van der Waals surface area contributed by atoms with Crippen LogP contribution in [0.5, 0.6) is 0 Å². The van der Waals surface area contributed by atoms with Crippen LogP contribution in [-0.2, 0) is 11.2 Å². The number of rotatable bonds is 4. The van der Waals surface area contributed by atoms with Crippen molar-refractivity contribution in [3.05, 3.63) is 47.9 Å². The van der Waals surface area contributed by atoms with Gasteiger partial charge in [-0.25, -0.2) is 14.8 Å². The number of aromatic nitrogens is 2. The number of nitrogens with one attached hydrogen (secondary N) is 1. The first-order valence-corrected chi connectivity index (χ1v) is 6.01. The molecule has 2 aromatic rings. The molecule has 5 nitrogen and oxygen atoms in total. The first kappa shape index (κ1) is 13.0.